The molecule has 1 aliphatic rings. The summed E-state index contributed by atoms with van der Waals surface area (Å²) >= 11 is 0. The van der Waals surface area contributed by atoms with Crippen LogP contribution in [0.1, 0.15) is 38.4 Å². The molecule has 1 atom stereocenters. The van der Waals surface area contributed by atoms with Gasteiger partial charge in [0.15, 0.2) is 11.6 Å². The number of halogens is 2. The Morgan fingerprint density at radius 3 is 2.56 bits per heavy atom. The minimum atomic E-state index is -0.923. The van der Waals surface area contributed by atoms with Gasteiger partial charge in [0, 0.05) is 12.1 Å². The summed E-state index contributed by atoms with van der Waals surface area (Å²) in [5.41, 5.74) is 0.382. The van der Waals surface area contributed by atoms with E-state index in [0.29, 0.717) is 18.0 Å². The van der Waals surface area contributed by atoms with Crippen molar-refractivity contribution in [1.29, 1.82) is 0 Å². The van der Waals surface area contributed by atoms with Crippen molar-refractivity contribution in [1.82, 2.24) is 5.32 Å². The summed E-state index contributed by atoms with van der Waals surface area (Å²) < 4.78 is 25.8. The molecule has 1 aromatic carbocycles. The van der Waals surface area contributed by atoms with Gasteiger partial charge in [0.2, 0.25) is 0 Å². The molecule has 1 fully saturated rings. The predicted octanol–water partition coefficient (Wildman–Crippen LogP) is 2.78. The van der Waals surface area contributed by atoms with Crippen molar-refractivity contribution in [3.05, 3.63) is 35.4 Å². The number of aliphatic hydroxyl groups is 1. The third-order valence-corrected chi connectivity index (χ3v) is 3.68. The van der Waals surface area contributed by atoms with Gasteiger partial charge in [-0.15, -0.1) is 0 Å². The third-order valence-electron chi connectivity index (χ3n) is 3.68. The fraction of sp³-hybridized carbons (Fsp3) is 0.571. The Bertz CT molecular complexity index is 430. The molecule has 2 rings (SSSR count). The lowest BCUT2D eigenvalue weighted by molar-refractivity contribution is 0.156. The predicted molar refractivity (Wildman–Crippen MR) is 66.1 cm³/mol. The van der Waals surface area contributed by atoms with Crippen molar-refractivity contribution < 1.29 is 13.9 Å². The van der Waals surface area contributed by atoms with Crippen LogP contribution in [-0.4, -0.2) is 17.2 Å². The Hall–Kier alpha value is -1.00. The quantitative estimate of drug-likeness (QED) is 0.848. The molecule has 4 heteroatoms. The molecule has 1 aromatic rings. The van der Waals surface area contributed by atoms with Crippen LogP contribution in [0.3, 0.4) is 0 Å². The van der Waals surface area contributed by atoms with Crippen molar-refractivity contribution in [3.63, 3.8) is 0 Å². The SMILES string of the molecule is CC(C)(NCC(O)c1ccc(F)c(F)c1)C1CC1. The summed E-state index contributed by atoms with van der Waals surface area (Å²) in [6, 6.07) is 3.50. The Labute approximate surface area is 106 Å². The molecule has 0 saturated heterocycles. The van der Waals surface area contributed by atoms with E-state index in [1.165, 1.54) is 18.9 Å². The Morgan fingerprint density at radius 1 is 1.33 bits per heavy atom. The van der Waals surface area contributed by atoms with Gasteiger partial charge >= 0.3 is 0 Å². The number of aliphatic hydroxyl groups excluding tert-OH is 1. The van der Waals surface area contributed by atoms with Crippen molar-refractivity contribution in [2.24, 2.45) is 5.92 Å². The lowest BCUT2D eigenvalue weighted by atomic mass is 9.98. The number of β-amino-alcohol motifs (C(OH)–C–C–N with tert-alkyl or cyclic N) is 1. The number of benzene rings is 1. The van der Waals surface area contributed by atoms with E-state index in [2.05, 4.69) is 19.2 Å². The highest BCUT2D eigenvalue weighted by molar-refractivity contribution is 5.20. The highest BCUT2D eigenvalue weighted by atomic mass is 19.2. The zero-order valence-electron chi connectivity index (χ0n) is 10.7. The summed E-state index contributed by atoms with van der Waals surface area (Å²) in [4.78, 5) is 0. The van der Waals surface area contributed by atoms with E-state index >= 15 is 0 Å². The molecule has 0 aliphatic heterocycles. The smallest absolute Gasteiger partial charge is 0.159 e. The average molecular weight is 255 g/mol. The standard InChI is InChI=1S/C14H19F2NO/c1-14(2,10-4-5-10)17-8-13(18)9-3-6-11(15)12(16)7-9/h3,6-7,10,13,17-18H,4-5,8H2,1-2H3. The van der Waals surface area contributed by atoms with E-state index in [0.717, 1.165) is 12.1 Å². The first kappa shape index (κ1) is 13.4. The molecule has 0 aromatic heterocycles. The monoisotopic (exact) mass is 255 g/mol. The molecule has 2 N–H and O–H groups in total. The minimum absolute atomic E-state index is 0.0143. The zero-order chi connectivity index (χ0) is 13.3. The highest BCUT2D eigenvalue weighted by Crippen LogP contribution is 2.39. The average Bonchev–Trinajstić information content (AvgIpc) is 3.14. The van der Waals surface area contributed by atoms with E-state index < -0.39 is 17.7 Å². The van der Waals surface area contributed by atoms with E-state index in [9.17, 15) is 13.9 Å². The van der Waals surface area contributed by atoms with E-state index in [1.54, 1.807) is 0 Å². The topological polar surface area (TPSA) is 32.3 Å². The van der Waals surface area contributed by atoms with Crippen LogP contribution in [0.4, 0.5) is 8.78 Å². The second-order valence-corrected chi connectivity index (χ2v) is 5.57. The Kier molecular flexibility index (Phi) is 3.69. The Balaban J connectivity index is 1.94. The van der Waals surface area contributed by atoms with Crippen LogP contribution < -0.4 is 5.32 Å². The molecule has 0 heterocycles. The minimum Gasteiger partial charge on any atom is -0.387 e. The third kappa shape index (κ3) is 3.06. The van der Waals surface area contributed by atoms with E-state index in [4.69, 9.17) is 0 Å². The molecule has 1 aliphatic carbocycles. The van der Waals surface area contributed by atoms with Gasteiger partial charge in [-0.25, -0.2) is 8.78 Å². The maximum atomic E-state index is 13.0. The highest BCUT2D eigenvalue weighted by Gasteiger charge is 2.37. The largest absolute Gasteiger partial charge is 0.387 e. The number of rotatable bonds is 5. The van der Waals surface area contributed by atoms with E-state index in [-0.39, 0.29) is 5.54 Å². The molecular weight excluding hydrogens is 236 g/mol. The molecule has 1 saturated carbocycles. The number of hydrogen-bond acceptors (Lipinski definition) is 2. The molecule has 0 bridgehead atoms. The van der Waals surface area contributed by atoms with Gasteiger partial charge in [0.25, 0.3) is 0 Å². The first-order valence-corrected chi connectivity index (χ1v) is 6.28. The number of nitrogens with one attached hydrogen (secondary N) is 1. The van der Waals surface area contributed by atoms with Crippen LogP contribution in [0.5, 0.6) is 0 Å². The van der Waals surface area contributed by atoms with Crippen molar-refractivity contribution in [2.45, 2.75) is 38.3 Å². The first-order valence-electron chi connectivity index (χ1n) is 6.28. The van der Waals surface area contributed by atoms with Crippen LogP contribution in [0, 0.1) is 17.6 Å². The summed E-state index contributed by atoms with van der Waals surface area (Å²) in [5.74, 6) is -1.17. The van der Waals surface area contributed by atoms with Crippen molar-refractivity contribution in [3.8, 4) is 0 Å². The summed E-state index contributed by atoms with van der Waals surface area (Å²) in [7, 11) is 0. The fourth-order valence-electron chi connectivity index (χ4n) is 2.15. The zero-order valence-corrected chi connectivity index (χ0v) is 10.7. The fourth-order valence-corrected chi connectivity index (χ4v) is 2.15. The molecule has 0 radical (unpaired) electrons. The van der Waals surface area contributed by atoms with E-state index in [1.807, 2.05) is 0 Å². The number of hydrogen-bond donors (Lipinski definition) is 2. The molecular formula is C14H19F2NO. The second-order valence-electron chi connectivity index (χ2n) is 5.57. The molecule has 1 unspecified atom stereocenters. The molecule has 18 heavy (non-hydrogen) atoms. The molecule has 0 amide bonds. The summed E-state index contributed by atoms with van der Waals surface area (Å²) in [6.45, 7) is 4.54. The van der Waals surface area contributed by atoms with Gasteiger partial charge in [-0.05, 0) is 50.3 Å². The van der Waals surface area contributed by atoms with Crippen LogP contribution in [0.15, 0.2) is 18.2 Å². The van der Waals surface area contributed by atoms with Gasteiger partial charge in [-0.3, -0.25) is 0 Å². The van der Waals surface area contributed by atoms with Crippen LogP contribution >= 0.6 is 0 Å². The Morgan fingerprint density at radius 2 is 2.00 bits per heavy atom. The molecule has 100 valence electrons. The summed E-state index contributed by atoms with van der Waals surface area (Å²) in [6.07, 6.45) is 1.60. The lowest BCUT2D eigenvalue weighted by Crippen LogP contribution is -2.43. The van der Waals surface area contributed by atoms with Crippen LogP contribution in [0.25, 0.3) is 0 Å². The van der Waals surface area contributed by atoms with Crippen LogP contribution in [-0.2, 0) is 0 Å². The van der Waals surface area contributed by atoms with Gasteiger partial charge in [0.1, 0.15) is 0 Å². The first-order chi connectivity index (χ1) is 8.40. The van der Waals surface area contributed by atoms with Gasteiger partial charge in [0.05, 0.1) is 6.10 Å². The lowest BCUT2D eigenvalue weighted by Gasteiger charge is -2.27. The summed E-state index contributed by atoms with van der Waals surface area (Å²) in [5, 5.41) is 13.2. The molecule has 0 spiro atoms. The second kappa shape index (κ2) is 4.94. The van der Waals surface area contributed by atoms with Gasteiger partial charge < -0.3 is 10.4 Å². The molecule has 2 nitrogen and oxygen atoms in total. The maximum absolute atomic E-state index is 13.0. The van der Waals surface area contributed by atoms with Gasteiger partial charge in [-0.1, -0.05) is 6.07 Å². The van der Waals surface area contributed by atoms with Crippen molar-refractivity contribution in [2.75, 3.05) is 6.54 Å². The van der Waals surface area contributed by atoms with Crippen LogP contribution in [0.2, 0.25) is 0 Å². The van der Waals surface area contributed by atoms with Gasteiger partial charge in [-0.2, -0.15) is 0 Å². The van der Waals surface area contributed by atoms with Crippen molar-refractivity contribution >= 4 is 0 Å². The maximum Gasteiger partial charge on any atom is 0.159 e. The normalized spacial score (nSPS) is 17.8.